The van der Waals surface area contributed by atoms with Gasteiger partial charge < -0.3 is 38.1 Å². The Morgan fingerprint density at radius 3 is 1.47 bits per heavy atom. The van der Waals surface area contributed by atoms with Crippen LogP contribution in [0.2, 0.25) is 10.0 Å². The Labute approximate surface area is 431 Å². The van der Waals surface area contributed by atoms with E-state index in [1.54, 1.807) is 90.1 Å². The molecule has 0 aliphatic carbocycles. The second-order valence-corrected chi connectivity index (χ2v) is 19.2. The molecule has 0 atom stereocenters. The topological polar surface area (TPSA) is 191 Å². The number of aryl methyl sites for hydroxylation is 2. The van der Waals surface area contributed by atoms with Gasteiger partial charge in [-0.25, -0.2) is 27.2 Å². The average Bonchev–Trinajstić information content (AvgIpc) is 3.83. The number of aromatic nitrogens is 6. The molecule has 16 nitrogen and oxygen atoms in total. The summed E-state index contributed by atoms with van der Waals surface area (Å²) in [5, 5.41) is 26.6. The zero-order valence-electron chi connectivity index (χ0n) is 39.3. The predicted octanol–water partition coefficient (Wildman–Crippen LogP) is 10.1. The zero-order valence-corrected chi connectivity index (χ0v) is 43.0. The van der Waals surface area contributed by atoms with Crippen LogP contribution >= 0.6 is 45.8 Å². The molecule has 0 amide bonds. The van der Waals surface area contributed by atoms with Crippen molar-refractivity contribution in [3.05, 3.63) is 155 Å². The van der Waals surface area contributed by atoms with Gasteiger partial charge in [-0.15, -0.1) is 0 Å². The standard InChI is InChI=1S/C24H20ClF2N3O4.C18H16F2IN3O4.C6H6BClO2/c1-24(2,3)34-23(32)30-17-12-19(33-18-10-9-13(26)11-16(18)27)22(31)29(4)21(17)20(28-30)14-7-5-6-8-15(14)25;1-18(2,3)28-17(26)24-11-8-13(16(25)23(4)14(11)15(21)22-24)27-12-6-5-9(19)7-10(12)20;8-6-4-2-1-3-5(6)7(9)10/h5-12H,1-4H3;5-8H,1-4H3;1-4,9-10H. The lowest BCUT2D eigenvalue weighted by atomic mass is 9.80. The van der Waals surface area contributed by atoms with Gasteiger partial charge in [-0.3, -0.25) is 9.59 Å². The van der Waals surface area contributed by atoms with Gasteiger partial charge in [0, 0.05) is 54.4 Å². The summed E-state index contributed by atoms with van der Waals surface area (Å²) in [6.45, 7) is 10.2. The lowest BCUT2D eigenvalue weighted by molar-refractivity contribution is 0.0511. The van der Waals surface area contributed by atoms with E-state index in [4.69, 9.17) is 52.2 Å². The molecule has 0 aliphatic rings. The van der Waals surface area contributed by atoms with Gasteiger partial charge in [-0.1, -0.05) is 59.6 Å². The molecule has 24 heteroatoms. The van der Waals surface area contributed by atoms with Crippen molar-refractivity contribution >= 4 is 92.6 Å². The highest BCUT2D eigenvalue weighted by Crippen LogP contribution is 2.35. The first-order valence-corrected chi connectivity index (χ1v) is 23.0. The van der Waals surface area contributed by atoms with Crippen LogP contribution in [0.5, 0.6) is 23.0 Å². The van der Waals surface area contributed by atoms with E-state index in [0.717, 1.165) is 33.6 Å². The molecule has 4 heterocycles. The lowest BCUT2D eigenvalue weighted by Gasteiger charge is -2.19. The van der Waals surface area contributed by atoms with Crippen LogP contribution in [0.3, 0.4) is 0 Å². The van der Waals surface area contributed by atoms with Crippen molar-refractivity contribution in [1.82, 2.24) is 28.7 Å². The fraction of sp³-hybridized carbons (Fsp3) is 0.208. The molecule has 0 spiro atoms. The summed E-state index contributed by atoms with van der Waals surface area (Å²) in [4.78, 5) is 51.2. The Kier molecular flexibility index (Phi) is 16.6. The molecule has 0 saturated heterocycles. The van der Waals surface area contributed by atoms with Crippen molar-refractivity contribution in [3.63, 3.8) is 0 Å². The van der Waals surface area contributed by atoms with Crippen LogP contribution < -0.4 is 26.1 Å². The maximum atomic E-state index is 14.2. The number of hydrogen-bond acceptors (Lipinski definition) is 12. The molecular weight excluding hydrogens is 1110 g/mol. The fourth-order valence-corrected chi connectivity index (χ4v) is 7.84. The van der Waals surface area contributed by atoms with Crippen LogP contribution in [0, 0.1) is 27.0 Å². The molecular formula is C48H42BCl2F4IN6O10. The maximum absolute atomic E-state index is 14.2. The van der Waals surface area contributed by atoms with Gasteiger partial charge in [0.1, 0.15) is 48.8 Å². The molecule has 8 rings (SSSR count). The zero-order chi connectivity index (χ0) is 53.1. The molecule has 4 aromatic heterocycles. The highest BCUT2D eigenvalue weighted by Gasteiger charge is 2.28. The largest absolute Gasteiger partial charge is 0.489 e. The fourth-order valence-electron chi connectivity index (χ4n) is 6.53. The molecule has 0 fully saturated rings. The average molecular weight is 1150 g/mol. The second kappa shape index (κ2) is 22.0. The Morgan fingerprint density at radius 1 is 0.611 bits per heavy atom. The molecule has 0 radical (unpaired) electrons. The van der Waals surface area contributed by atoms with Crippen LogP contribution in [0.1, 0.15) is 41.5 Å². The number of nitrogens with zero attached hydrogens (tertiary/aromatic N) is 6. The summed E-state index contributed by atoms with van der Waals surface area (Å²) in [6, 6.07) is 21.4. The van der Waals surface area contributed by atoms with Crippen LogP contribution in [0.25, 0.3) is 33.3 Å². The number of hydrogen-bond donors (Lipinski definition) is 2. The van der Waals surface area contributed by atoms with E-state index >= 15 is 0 Å². The third-order valence-corrected chi connectivity index (χ3v) is 11.1. The van der Waals surface area contributed by atoms with Crippen LogP contribution in [0.15, 0.2) is 107 Å². The van der Waals surface area contributed by atoms with Gasteiger partial charge in [0.15, 0.2) is 34.6 Å². The number of ether oxygens (including phenoxy) is 4. The van der Waals surface area contributed by atoms with E-state index in [1.165, 1.54) is 35.4 Å². The first-order chi connectivity index (χ1) is 33.6. The monoisotopic (exact) mass is 1150 g/mol. The minimum absolute atomic E-state index is 0.170. The molecule has 376 valence electrons. The number of benzene rings is 4. The second-order valence-electron chi connectivity index (χ2n) is 17.4. The van der Waals surface area contributed by atoms with Crippen LogP contribution in [0.4, 0.5) is 27.2 Å². The van der Waals surface area contributed by atoms with Crippen molar-refractivity contribution in [1.29, 1.82) is 0 Å². The summed E-state index contributed by atoms with van der Waals surface area (Å²) >= 11 is 13.9. The Bertz CT molecular complexity index is 3500. The molecule has 2 N–H and O–H groups in total. The maximum Gasteiger partial charge on any atom is 0.489 e. The van der Waals surface area contributed by atoms with Gasteiger partial charge in [0.25, 0.3) is 11.1 Å². The highest BCUT2D eigenvalue weighted by molar-refractivity contribution is 14.1. The van der Waals surface area contributed by atoms with Gasteiger partial charge in [0.05, 0.1) is 10.5 Å². The minimum atomic E-state index is -1.48. The van der Waals surface area contributed by atoms with Crippen LogP contribution in [-0.4, -0.2) is 69.3 Å². The van der Waals surface area contributed by atoms with E-state index in [9.17, 15) is 36.7 Å². The molecule has 0 bridgehead atoms. The van der Waals surface area contributed by atoms with Gasteiger partial charge in [-0.2, -0.15) is 19.6 Å². The van der Waals surface area contributed by atoms with Crippen molar-refractivity contribution in [3.8, 4) is 34.3 Å². The quantitative estimate of drug-likeness (QED) is 0.0912. The number of rotatable bonds is 6. The summed E-state index contributed by atoms with van der Waals surface area (Å²) in [5.74, 6) is -4.73. The first kappa shape index (κ1) is 54.6. The Balaban J connectivity index is 0.000000200. The number of carbonyl (C=O) groups excluding carboxylic acids is 2. The highest BCUT2D eigenvalue weighted by atomic mass is 127. The smallest absolute Gasteiger partial charge is 0.448 e. The molecule has 72 heavy (non-hydrogen) atoms. The minimum Gasteiger partial charge on any atom is -0.448 e. The van der Waals surface area contributed by atoms with Gasteiger partial charge >= 0.3 is 19.3 Å². The third kappa shape index (κ3) is 12.7. The third-order valence-electron chi connectivity index (χ3n) is 9.66. The predicted molar refractivity (Wildman–Crippen MR) is 271 cm³/mol. The Morgan fingerprint density at radius 2 is 1.04 bits per heavy atom. The van der Waals surface area contributed by atoms with Crippen molar-refractivity contribution in [2.45, 2.75) is 52.7 Å². The van der Waals surface area contributed by atoms with E-state index in [2.05, 4.69) is 10.2 Å². The molecule has 8 aromatic rings. The number of carbonyl (C=O) groups is 2. The summed E-state index contributed by atoms with van der Waals surface area (Å²) < 4.78 is 80.9. The molecule has 0 aliphatic heterocycles. The van der Waals surface area contributed by atoms with E-state index in [-0.39, 0.29) is 45.2 Å². The normalized spacial score (nSPS) is 11.3. The summed E-state index contributed by atoms with van der Waals surface area (Å²) in [7, 11) is 1.45. The van der Waals surface area contributed by atoms with Crippen molar-refractivity contribution in [2.24, 2.45) is 14.1 Å². The SMILES string of the molecule is Cn1c(=O)c(Oc2ccc(F)cc2F)cc2c1c(-c1ccccc1Cl)nn2C(=O)OC(C)(C)C.Cn1c(=O)c(Oc2ccc(F)cc2F)cc2c1c(I)nn2C(=O)OC(C)(C)C.OB(O)c1ccccc1Cl. The molecule has 0 unspecified atom stereocenters. The number of pyridine rings is 2. The first-order valence-electron chi connectivity index (χ1n) is 21.1. The van der Waals surface area contributed by atoms with Gasteiger partial charge in [-0.05, 0) is 101 Å². The number of halogens is 7. The molecule has 0 saturated carbocycles. The molecule has 4 aromatic carbocycles. The van der Waals surface area contributed by atoms with E-state index in [0.29, 0.717) is 42.4 Å². The van der Waals surface area contributed by atoms with Crippen LogP contribution in [-0.2, 0) is 23.6 Å². The van der Waals surface area contributed by atoms with Gasteiger partial charge in [0.2, 0.25) is 0 Å². The van der Waals surface area contributed by atoms with Crippen molar-refractivity contribution in [2.75, 3.05) is 0 Å². The number of fused-ring (bicyclic) bond motifs is 2. The summed E-state index contributed by atoms with van der Waals surface area (Å²) in [5.41, 5.74) is -0.582. The lowest BCUT2D eigenvalue weighted by Crippen LogP contribution is -2.30. The summed E-state index contributed by atoms with van der Waals surface area (Å²) in [6.07, 6.45) is -1.54. The Hall–Kier alpha value is -6.73. The van der Waals surface area contributed by atoms with E-state index < -0.39 is 64.9 Å². The van der Waals surface area contributed by atoms with E-state index in [1.807, 2.05) is 22.6 Å². The van der Waals surface area contributed by atoms with Crippen molar-refractivity contribution < 1.29 is 56.1 Å².